The first-order valence-electron chi connectivity index (χ1n) is 11.0. The number of hydrogen-bond acceptors (Lipinski definition) is 4. The largest absolute Gasteiger partial charge is 0.478 e. The summed E-state index contributed by atoms with van der Waals surface area (Å²) in [5.74, 6) is -0.421. The number of rotatable bonds is 4. The van der Waals surface area contributed by atoms with E-state index in [-0.39, 0.29) is 17.4 Å². The van der Waals surface area contributed by atoms with E-state index in [1.807, 2.05) is 17.0 Å². The number of aliphatic hydroxyl groups is 1. The Labute approximate surface area is 172 Å². The lowest BCUT2D eigenvalue weighted by Gasteiger charge is -2.51. The van der Waals surface area contributed by atoms with Crippen molar-refractivity contribution >= 4 is 11.9 Å². The summed E-state index contributed by atoms with van der Waals surface area (Å²) in [4.78, 5) is 28.4. The first kappa shape index (κ1) is 20.4. The Kier molecular flexibility index (Phi) is 5.93. The van der Waals surface area contributed by atoms with Crippen LogP contribution in [0.1, 0.15) is 60.9 Å². The summed E-state index contributed by atoms with van der Waals surface area (Å²) in [7, 11) is 0. The van der Waals surface area contributed by atoms with E-state index in [2.05, 4.69) is 4.90 Å². The van der Waals surface area contributed by atoms with Gasteiger partial charge in [0.25, 0.3) is 0 Å². The number of amides is 1. The molecule has 6 nitrogen and oxygen atoms in total. The van der Waals surface area contributed by atoms with E-state index in [0.29, 0.717) is 18.0 Å². The Morgan fingerprint density at radius 2 is 1.72 bits per heavy atom. The fourth-order valence-corrected chi connectivity index (χ4v) is 5.57. The topological polar surface area (TPSA) is 81.1 Å². The van der Waals surface area contributed by atoms with Crippen LogP contribution in [0.4, 0.5) is 0 Å². The van der Waals surface area contributed by atoms with Crippen molar-refractivity contribution in [3.63, 3.8) is 0 Å². The summed E-state index contributed by atoms with van der Waals surface area (Å²) in [5.41, 5.74) is 1.13. The number of benzene rings is 1. The molecule has 0 aromatic heterocycles. The van der Waals surface area contributed by atoms with Crippen molar-refractivity contribution in [3.8, 4) is 0 Å². The minimum Gasteiger partial charge on any atom is -0.478 e. The van der Waals surface area contributed by atoms with Crippen molar-refractivity contribution in [3.05, 3.63) is 35.4 Å². The zero-order valence-corrected chi connectivity index (χ0v) is 17.1. The van der Waals surface area contributed by atoms with Gasteiger partial charge in [-0.1, -0.05) is 25.0 Å². The molecule has 4 rings (SSSR count). The Morgan fingerprint density at radius 3 is 2.41 bits per heavy atom. The predicted octanol–water partition coefficient (Wildman–Crippen LogP) is 2.75. The molecule has 1 amide bonds. The third-order valence-corrected chi connectivity index (χ3v) is 7.20. The van der Waals surface area contributed by atoms with E-state index >= 15 is 0 Å². The lowest BCUT2D eigenvalue weighted by atomic mass is 9.71. The molecule has 1 spiro atoms. The number of carboxylic acid groups (broad SMARTS) is 1. The highest BCUT2D eigenvalue weighted by Gasteiger charge is 2.46. The van der Waals surface area contributed by atoms with Crippen LogP contribution in [0.25, 0.3) is 0 Å². The van der Waals surface area contributed by atoms with Crippen LogP contribution in [-0.2, 0) is 11.3 Å². The van der Waals surface area contributed by atoms with Gasteiger partial charge in [0.1, 0.15) is 0 Å². The van der Waals surface area contributed by atoms with E-state index in [4.69, 9.17) is 5.11 Å². The second kappa shape index (κ2) is 8.44. The number of carboxylic acids is 1. The molecular formula is C23H32N2O4. The Morgan fingerprint density at radius 1 is 1.00 bits per heavy atom. The van der Waals surface area contributed by atoms with Gasteiger partial charge in [-0.15, -0.1) is 0 Å². The highest BCUT2D eigenvalue weighted by Crippen LogP contribution is 2.40. The maximum atomic E-state index is 13.0. The Balaban J connectivity index is 1.43. The molecule has 2 aliphatic heterocycles. The normalized spacial score (nSPS) is 28.7. The van der Waals surface area contributed by atoms with Crippen LogP contribution in [0.15, 0.2) is 24.3 Å². The van der Waals surface area contributed by atoms with Gasteiger partial charge >= 0.3 is 5.97 Å². The van der Waals surface area contributed by atoms with Crippen molar-refractivity contribution in [1.82, 2.24) is 9.80 Å². The van der Waals surface area contributed by atoms with Crippen molar-refractivity contribution < 1.29 is 19.8 Å². The van der Waals surface area contributed by atoms with E-state index in [1.54, 1.807) is 12.1 Å². The van der Waals surface area contributed by atoms with Gasteiger partial charge in [-0.3, -0.25) is 9.69 Å². The van der Waals surface area contributed by atoms with Crippen LogP contribution in [0.2, 0.25) is 0 Å². The second-order valence-electron chi connectivity index (χ2n) is 9.22. The van der Waals surface area contributed by atoms with Gasteiger partial charge in [-0.2, -0.15) is 0 Å². The summed E-state index contributed by atoms with van der Waals surface area (Å²) in [6.07, 6.45) is 6.62. The predicted molar refractivity (Wildman–Crippen MR) is 110 cm³/mol. The molecule has 6 heteroatoms. The highest BCUT2D eigenvalue weighted by atomic mass is 16.4. The van der Waals surface area contributed by atoms with Gasteiger partial charge in [-0.25, -0.2) is 4.79 Å². The van der Waals surface area contributed by atoms with Crippen LogP contribution in [0.5, 0.6) is 0 Å². The monoisotopic (exact) mass is 400 g/mol. The molecule has 1 saturated carbocycles. The average molecular weight is 401 g/mol. The molecule has 2 atom stereocenters. The fraction of sp³-hybridized carbons (Fsp3) is 0.652. The zero-order chi connectivity index (χ0) is 20.4. The third kappa shape index (κ3) is 4.33. The molecule has 3 aliphatic rings. The molecule has 0 radical (unpaired) electrons. The molecule has 29 heavy (non-hydrogen) atoms. The summed E-state index contributed by atoms with van der Waals surface area (Å²) in [5, 5.41) is 20.0. The van der Waals surface area contributed by atoms with Crippen LogP contribution in [0, 0.1) is 11.3 Å². The maximum absolute atomic E-state index is 13.0. The Bertz CT molecular complexity index is 744. The number of piperidine rings is 2. The first-order valence-corrected chi connectivity index (χ1v) is 11.0. The molecule has 2 N–H and O–H groups in total. The SMILES string of the molecule is O=C(O)c1ccc(CN2CC[C@@H](O)[C@]3(CCCN(C(=O)C4CCCC4)C3)C2)cc1. The summed E-state index contributed by atoms with van der Waals surface area (Å²) >= 11 is 0. The van der Waals surface area contributed by atoms with Crippen LogP contribution in [0.3, 0.4) is 0 Å². The molecule has 3 fully saturated rings. The summed E-state index contributed by atoms with van der Waals surface area (Å²) in [6, 6.07) is 7.04. The quantitative estimate of drug-likeness (QED) is 0.812. The molecule has 0 bridgehead atoms. The number of carbonyl (C=O) groups excluding carboxylic acids is 1. The fourth-order valence-electron chi connectivity index (χ4n) is 5.57. The number of carbonyl (C=O) groups is 2. The lowest BCUT2D eigenvalue weighted by Crippen LogP contribution is -2.60. The number of likely N-dealkylation sites (tertiary alicyclic amines) is 2. The zero-order valence-electron chi connectivity index (χ0n) is 17.1. The molecule has 1 aliphatic carbocycles. The second-order valence-corrected chi connectivity index (χ2v) is 9.22. The minimum atomic E-state index is -0.911. The molecular weight excluding hydrogens is 368 g/mol. The van der Waals surface area contributed by atoms with Crippen LogP contribution >= 0.6 is 0 Å². The first-order chi connectivity index (χ1) is 14.0. The van der Waals surface area contributed by atoms with Crippen LogP contribution < -0.4 is 0 Å². The Hall–Kier alpha value is -1.92. The summed E-state index contributed by atoms with van der Waals surface area (Å²) in [6.45, 7) is 3.83. The standard InChI is InChI=1S/C23H32N2O4/c26-20-10-13-24(14-17-6-8-19(9-7-17)22(28)29)15-23(20)11-3-12-25(16-23)21(27)18-4-1-2-5-18/h6-9,18,20,26H,1-5,10-16H2,(H,28,29)/t20-,23-/m1/s1. The molecule has 2 heterocycles. The smallest absolute Gasteiger partial charge is 0.335 e. The van der Waals surface area contributed by atoms with Crippen molar-refractivity contribution in [2.45, 2.75) is 57.6 Å². The number of nitrogens with zero attached hydrogens (tertiary/aromatic N) is 2. The highest BCUT2D eigenvalue weighted by molar-refractivity contribution is 5.87. The molecule has 1 aromatic carbocycles. The molecule has 2 saturated heterocycles. The third-order valence-electron chi connectivity index (χ3n) is 7.20. The van der Waals surface area contributed by atoms with E-state index in [0.717, 1.165) is 76.7 Å². The van der Waals surface area contributed by atoms with E-state index in [9.17, 15) is 14.7 Å². The molecule has 158 valence electrons. The van der Waals surface area contributed by atoms with Gasteiger partial charge in [0, 0.05) is 44.1 Å². The van der Waals surface area contributed by atoms with Crippen molar-refractivity contribution in [2.75, 3.05) is 26.2 Å². The van der Waals surface area contributed by atoms with E-state index < -0.39 is 5.97 Å². The van der Waals surface area contributed by atoms with Gasteiger partial charge in [0.15, 0.2) is 0 Å². The van der Waals surface area contributed by atoms with Gasteiger partial charge in [0.2, 0.25) is 5.91 Å². The van der Waals surface area contributed by atoms with Gasteiger partial charge in [0.05, 0.1) is 11.7 Å². The van der Waals surface area contributed by atoms with Gasteiger partial charge in [-0.05, 0) is 49.8 Å². The number of aromatic carboxylic acids is 1. The van der Waals surface area contributed by atoms with E-state index in [1.165, 1.54) is 0 Å². The van der Waals surface area contributed by atoms with Crippen LogP contribution in [-0.4, -0.2) is 64.2 Å². The minimum absolute atomic E-state index is 0.190. The number of aliphatic hydroxyl groups excluding tert-OH is 1. The molecule has 1 aromatic rings. The molecule has 0 unspecified atom stereocenters. The average Bonchev–Trinajstić information content (AvgIpc) is 3.26. The van der Waals surface area contributed by atoms with Gasteiger partial charge < -0.3 is 15.1 Å². The summed E-state index contributed by atoms with van der Waals surface area (Å²) < 4.78 is 0. The maximum Gasteiger partial charge on any atom is 0.335 e. The lowest BCUT2D eigenvalue weighted by molar-refractivity contribution is -0.145. The number of hydrogen-bond donors (Lipinski definition) is 2. The van der Waals surface area contributed by atoms with Crippen molar-refractivity contribution in [1.29, 1.82) is 0 Å². The van der Waals surface area contributed by atoms with Crippen molar-refractivity contribution in [2.24, 2.45) is 11.3 Å².